The molecule has 1 aromatic heterocycles. The van der Waals surface area contributed by atoms with E-state index in [9.17, 15) is 13.6 Å². The number of hydrogen-bond donors (Lipinski definition) is 1. The van der Waals surface area contributed by atoms with Gasteiger partial charge in [-0.05, 0) is 18.2 Å². The van der Waals surface area contributed by atoms with Crippen LogP contribution in [-0.2, 0) is 7.05 Å². The number of halogens is 2. The first-order valence-electron chi connectivity index (χ1n) is 4.61. The highest BCUT2D eigenvalue weighted by Gasteiger charge is 2.16. The maximum Gasteiger partial charge on any atom is 0.335 e. The minimum atomic E-state index is -2.60. The van der Waals surface area contributed by atoms with Crippen molar-refractivity contribution in [1.82, 2.24) is 4.57 Å². The monoisotopic (exact) mass is 225 g/mol. The predicted molar refractivity (Wildman–Crippen MR) is 54.8 cm³/mol. The Balaban J connectivity index is 2.74. The van der Waals surface area contributed by atoms with Crippen molar-refractivity contribution in [2.75, 3.05) is 0 Å². The number of hydrogen-bond acceptors (Lipinski definition) is 1. The zero-order chi connectivity index (χ0) is 11.9. The van der Waals surface area contributed by atoms with Crippen LogP contribution in [0.4, 0.5) is 8.78 Å². The summed E-state index contributed by atoms with van der Waals surface area (Å²) in [5, 5.41) is 9.08. The number of carboxylic acid groups (broad SMARTS) is 1. The van der Waals surface area contributed by atoms with Crippen LogP contribution < -0.4 is 0 Å². The Bertz CT molecular complexity index is 560. The van der Waals surface area contributed by atoms with Crippen molar-refractivity contribution in [3.8, 4) is 0 Å². The highest BCUT2D eigenvalue weighted by atomic mass is 19.3. The lowest BCUT2D eigenvalue weighted by atomic mass is 10.1. The third-order valence-corrected chi connectivity index (χ3v) is 2.50. The molecule has 0 spiro atoms. The molecule has 0 aliphatic heterocycles. The minimum absolute atomic E-state index is 0.0144. The van der Waals surface area contributed by atoms with Gasteiger partial charge in [0.2, 0.25) is 0 Å². The van der Waals surface area contributed by atoms with Gasteiger partial charge in [-0.1, -0.05) is 0 Å². The summed E-state index contributed by atoms with van der Waals surface area (Å²) in [5.41, 5.74) is 0.474. The molecule has 16 heavy (non-hydrogen) atoms. The Kier molecular flexibility index (Phi) is 2.38. The Morgan fingerprint density at radius 3 is 2.69 bits per heavy atom. The molecule has 1 aromatic carbocycles. The summed E-state index contributed by atoms with van der Waals surface area (Å²) in [4.78, 5) is 10.7. The fourth-order valence-electron chi connectivity index (χ4n) is 1.73. The third-order valence-electron chi connectivity index (χ3n) is 2.50. The van der Waals surface area contributed by atoms with Crippen LogP contribution in [0.15, 0.2) is 24.4 Å². The second kappa shape index (κ2) is 3.59. The zero-order valence-electron chi connectivity index (χ0n) is 8.45. The number of benzene rings is 1. The Hall–Kier alpha value is -1.91. The van der Waals surface area contributed by atoms with E-state index in [1.165, 1.54) is 24.4 Å². The van der Waals surface area contributed by atoms with Crippen LogP contribution >= 0.6 is 0 Å². The number of aryl methyl sites for hydroxylation is 1. The van der Waals surface area contributed by atoms with Gasteiger partial charge in [0, 0.05) is 29.7 Å². The zero-order valence-corrected chi connectivity index (χ0v) is 8.45. The lowest BCUT2D eigenvalue weighted by Crippen LogP contribution is -1.95. The topological polar surface area (TPSA) is 42.2 Å². The molecule has 3 nitrogen and oxygen atoms in total. The highest BCUT2D eigenvalue weighted by molar-refractivity contribution is 5.95. The van der Waals surface area contributed by atoms with Crippen molar-refractivity contribution >= 4 is 16.9 Å². The first-order valence-corrected chi connectivity index (χ1v) is 4.61. The number of nitrogens with zero attached hydrogens (tertiary/aromatic N) is 1. The van der Waals surface area contributed by atoms with E-state index >= 15 is 0 Å². The number of fused-ring (bicyclic) bond motifs is 1. The average molecular weight is 225 g/mol. The summed E-state index contributed by atoms with van der Waals surface area (Å²) in [7, 11) is 1.65. The molecule has 0 atom stereocenters. The van der Waals surface area contributed by atoms with Crippen LogP contribution in [0.5, 0.6) is 0 Å². The molecule has 0 fully saturated rings. The fraction of sp³-hybridized carbons (Fsp3) is 0.182. The van der Waals surface area contributed by atoms with Gasteiger partial charge in [-0.15, -0.1) is 0 Å². The second-order valence-corrected chi connectivity index (χ2v) is 3.53. The van der Waals surface area contributed by atoms with Crippen molar-refractivity contribution in [3.05, 3.63) is 35.5 Å². The van der Waals surface area contributed by atoms with E-state index in [0.29, 0.717) is 5.52 Å². The van der Waals surface area contributed by atoms with Crippen molar-refractivity contribution in [1.29, 1.82) is 0 Å². The number of alkyl halides is 2. The van der Waals surface area contributed by atoms with E-state index in [1.54, 1.807) is 11.6 Å². The lowest BCUT2D eigenvalue weighted by Gasteiger charge is -1.99. The van der Waals surface area contributed by atoms with Gasteiger partial charge in [0.25, 0.3) is 6.43 Å². The Morgan fingerprint density at radius 2 is 2.12 bits per heavy atom. The first kappa shape index (κ1) is 10.6. The summed E-state index contributed by atoms with van der Waals surface area (Å²) in [6, 6.07) is 4.21. The van der Waals surface area contributed by atoms with Gasteiger partial charge in [-0.2, -0.15) is 0 Å². The van der Waals surface area contributed by atoms with Crippen LogP contribution in [0.3, 0.4) is 0 Å². The van der Waals surface area contributed by atoms with Gasteiger partial charge in [0.1, 0.15) is 0 Å². The molecule has 0 bridgehead atoms. The van der Waals surface area contributed by atoms with E-state index in [4.69, 9.17) is 5.11 Å². The highest BCUT2D eigenvalue weighted by Crippen LogP contribution is 2.29. The molecular formula is C11H9F2NO2. The van der Waals surface area contributed by atoms with Crippen LogP contribution in [0.2, 0.25) is 0 Å². The maximum absolute atomic E-state index is 12.7. The van der Waals surface area contributed by atoms with Crippen molar-refractivity contribution in [2.45, 2.75) is 6.43 Å². The Labute approximate surface area is 89.9 Å². The van der Waals surface area contributed by atoms with E-state index in [0.717, 1.165) is 0 Å². The van der Waals surface area contributed by atoms with Gasteiger partial charge in [0.05, 0.1) is 5.56 Å². The fourth-order valence-corrected chi connectivity index (χ4v) is 1.73. The number of aromatic nitrogens is 1. The number of rotatable bonds is 2. The van der Waals surface area contributed by atoms with Crippen molar-refractivity contribution in [2.24, 2.45) is 7.05 Å². The summed E-state index contributed by atoms with van der Waals surface area (Å²) < 4.78 is 26.9. The van der Waals surface area contributed by atoms with Gasteiger partial charge in [-0.3, -0.25) is 0 Å². The lowest BCUT2D eigenvalue weighted by molar-refractivity contribution is 0.0697. The molecule has 5 heteroatoms. The number of carboxylic acids is 1. The van der Waals surface area contributed by atoms with Crippen molar-refractivity contribution in [3.63, 3.8) is 0 Å². The quantitative estimate of drug-likeness (QED) is 0.853. The average Bonchev–Trinajstić information content (AvgIpc) is 2.56. The standard InChI is InChI=1S/C11H9F2NO2/c1-14-5-8(10(12)13)7-4-6(11(15)16)2-3-9(7)14/h2-5,10H,1H3,(H,15,16). The SMILES string of the molecule is Cn1cc(C(F)F)c2cc(C(=O)O)ccc21. The maximum atomic E-state index is 12.7. The molecular weight excluding hydrogens is 216 g/mol. The summed E-state index contributed by atoms with van der Waals surface area (Å²) >= 11 is 0. The molecule has 0 unspecified atom stereocenters. The van der Waals surface area contributed by atoms with E-state index in [2.05, 4.69) is 0 Å². The summed E-state index contributed by atoms with van der Waals surface area (Å²) in [5.74, 6) is -1.12. The molecule has 0 aliphatic rings. The minimum Gasteiger partial charge on any atom is -0.478 e. The molecule has 0 aliphatic carbocycles. The molecule has 0 amide bonds. The molecule has 1 heterocycles. The molecule has 2 aromatic rings. The van der Waals surface area contributed by atoms with Crippen LogP contribution in [0.1, 0.15) is 22.3 Å². The van der Waals surface area contributed by atoms with E-state index in [1.807, 2.05) is 0 Å². The predicted octanol–water partition coefficient (Wildman–Crippen LogP) is 2.81. The van der Waals surface area contributed by atoms with E-state index in [-0.39, 0.29) is 16.5 Å². The number of aromatic carboxylic acids is 1. The van der Waals surface area contributed by atoms with Gasteiger partial charge in [-0.25, -0.2) is 13.6 Å². The van der Waals surface area contributed by atoms with Crippen molar-refractivity contribution < 1.29 is 18.7 Å². The number of carbonyl (C=O) groups is 1. The van der Waals surface area contributed by atoms with Crippen LogP contribution in [0.25, 0.3) is 10.9 Å². The normalized spacial score (nSPS) is 11.2. The molecule has 0 saturated carbocycles. The molecule has 2 rings (SSSR count). The van der Waals surface area contributed by atoms with Gasteiger partial charge < -0.3 is 9.67 Å². The van der Waals surface area contributed by atoms with Gasteiger partial charge in [0.15, 0.2) is 0 Å². The summed E-state index contributed by atoms with van der Waals surface area (Å²) in [6.07, 6.45) is -1.28. The Morgan fingerprint density at radius 1 is 1.44 bits per heavy atom. The van der Waals surface area contributed by atoms with Gasteiger partial charge >= 0.3 is 5.97 Å². The third kappa shape index (κ3) is 1.54. The van der Waals surface area contributed by atoms with E-state index < -0.39 is 12.4 Å². The molecule has 0 radical (unpaired) electrons. The van der Waals surface area contributed by atoms with Crippen LogP contribution in [-0.4, -0.2) is 15.6 Å². The summed E-state index contributed by atoms with van der Waals surface area (Å²) in [6.45, 7) is 0. The smallest absolute Gasteiger partial charge is 0.335 e. The molecule has 1 N–H and O–H groups in total. The second-order valence-electron chi connectivity index (χ2n) is 3.53. The molecule has 0 saturated heterocycles. The largest absolute Gasteiger partial charge is 0.478 e. The first-order chi connectivity index (χ1) is 7.50. The molecule has 84 valence electrons. The van der Waals surface area contributed by atoms with Crippen LogP contribution in [0, 0.1) is 0 Å².